The zero-order valence-corrected chi connectivity index (χ0v) is 17.2. The normalized spacial score (nSPS) is 12.1. The van der Waals surface area contributed by atoms with Crippen molar-refractivity contribution in [2.24, 2.45) is 0 Å². The minimum absolute atomic E-state index is 0.0869. The molecule has 0 spiro atoms. The molecule has 0 aliphatic heterocycles. The quantitative estimate of drug-likeness (QED) is 0.480. The van der Waals surface area contributed by atoms with Crippen molar-refractivity contribution in [3.63, 3.8) is 0 Å². The summed E-state index contributed by atoms with van der Waals surface area (Å²) in [4.78, 5) is 17.1. The molecular weight excluding hydrogens is 404 g/mol. The lowest BCUT2D eigenvalue weighted by molar-refractivity contribution is -0.0258. The molecule has 0 radical (unpaired) electrons. The fourth-order valence-electron chi connectivity index (χ4n) is 2.36. The molecule has 2 aromatic rings. The molecule has 0 saturated heterocycles. The summed E-state index contributed by atoms with van der Waals surface area (Å²) >= 11 is 0. The second kappa shape index (κ2) is 9.28. The Balaban J connectivity index is 1.96. The van der Waals surface area contributed by atoms with Crippen molar-refractivity contribution >= 4 is 25.8 Å². The van der Waals surface area contributed by atoms with Gasteiger partial charge in [0.05, 0.1) is 22.7 Å². The van der Waals surface area contributed by atoms with Crippen LogP contribution >= 0.6 is 0 Å². The van der Waals surface area contributed by atoms with Crippen molar-refractivity contribution < 1.29 is 26.5 Å². The molecule has 0 aromatic heterocycles. The third-order valence-corrected chi connectivity index (χ3v) is 7.46. The number of carbonyl (C=O) groups excluding carboxylic acids is 1. The monoisotopic (exact) mass is 426 g/mol. The minimum Gasteiger partial charge on any atom is -0.352 e. The smallest absolute Gasteiger partial charge is 0.264 e. The van der Waals surface area contributed by atoms with Crippen LogP contribution in [0, 0.1) is 0 Å². The van der Waals surface area contributed by atoms with Crippen LogP contribution in [-0.2, 0) is 24.7 Å². The predicted octanol–water partition coefficient (Wildman–Crippen LogP) is 1.46. The molecule has 1 amide bonds. The molecule has 0 aliphatic rings. The number of rotatable bonds is 9. The van der Waals surface area contributed by atoms with Gasteiger partial charge in [0, 0.05) is 19.2 Å². The Kier molecular flexibility index (Phi) is 7.30. The summed E-state index contributed by atoms with van der Waals surface area (Å²) in [6.07, 6.45) is 0.230. The molecule has 10 heteroatoms. The highest BCUT2D eigenvalue weighted by Gasteiger charge is 2.22. The fourth-order valence-corrected chi connectivity index (χ4v) is 4.71. The number of hydroxylamine groups is 1. The van der Waals surface area contributed by atoms with Crippen molar-refractivity contribution in [1.82, 2.24) is 9.79 Å². The van der Waals surface area contributed by atoms with E-state index in [1.165, 1.54) is 50.6 Å². The third kappa shape index (κ3) is 5.38. The van der Waals surface area contributed by atoms with Gasteiger partial charge >= 0.3 is 0 Å². The van der Waals surface area contributed by atoms with Crippen molar-refractivity contribution in [2.45, 2.75) is 16.2 Å². The van der Waals surface area contributed by atoms with Crippen LogP contribution in [0.25, 0.3) is 0 Å². The van der Waals surface area contributed by atoms with Crippen LogP contribution < -0.4 is 5.32 Å². The van der Waals surface area contributed by atoms with Gasteiger partial charge in [-0.05, 0) is 36.8 Å². The SMILES string of the molecule is CON(C)S(=O)(=O)c1cccc(C(=O)NCCCS(=O)(=O)c2ccccc2)c1. The molecule has 0 atom stereocenters. The summed E-state index contributed by atoms with van der Waals surface area (Å²) in [5, 5.41) is 2.60. The van der Waals surface area contributed by atoms with E-state index < -0.39 is 25.8 Å². The van der Waals surface area contributed by atoms with Crippen molar-refractivity contribution in [3.05, 3.63) is 60.2 Å². The molecule has 28 heavy (non-hydrogen) atoms. The lowest BCUT2D eigenvalue weighted by Crippen LogP contribution is -2.28. The maximum Gasteiger partial charge on any atom is 0.264 e. The van der Waals surface area contributed by atoms with Gasteiger partial charge < -0.3 is 5.32 Å². The average Bonchev–Trinajstić information content (AvgIpc) is 2.71. The third-order valence-electron chi connectivity index (χ3n) is 3.97. The lowest BCUT2D eigenvalue weighted by atomic mass is 10.2. The molecule has 0 bridgehead atoms. The van der Waals surface area contributed by atoms with E-state index in [4.69, 9.17) is 4.84 Å². The van der Waals surface area contributed by atoms with E-state index in [2.05, 4.69) is 5.32 Å². The Hall–Kier alpha value is -2.27. The van der Waals surface area contributed by atoms with Crippen LogP contribution in [0.5, 0.6) is 0 Å². The summed E-state index contributed by atoms with van der Waals surface area (Å²) in [6.45, 7) is 0.139. The van der Waals surface area contributed by atoms with E-state index in [9.17, 15) is 21.6 Å². The van der Waals surface area contributed by atoms with Gasteiger partial charge in [-0.25, -0.2) is 16.8 Å². The first-order valence-corrected chi connectivity index (χ1v) is 11.5. The molecule has 0 saturated carbocycles. The first kappa shape index (κ1) is 22.0. The molecule has 0 heterocycles. The minimum atomic E-state index is -3.87. The highest BCUT2D eigenvalue weighted by molar-refractivity contribution is 7.91. The van der Waals surface area contributed by atoms with Crippen molar-refractivity contribution in [1.29, 1.82) is 0 Å². The Morgan fingerprint density at radius 3 is 2.29 bits per heavy atom. The van der Waals surface area contributed by atoms with Gasteiger partial charge in [-0.1, -0.05) is 28.7 Å². The number of carbonyl (C=O) groups is 1. The average molecular weight is 427 g/mol. The van der Waals surface area contributed by atoms with E-state index in [0.717, 1.165) is 0 Å². The van der Waals surface area contributed by atoms with Gasteiger partial charge in [0.2, 0.25) is 0 Å². The molecule has 2 rings (SSSR count). The summed E-state index contributed by atoms with van der Waals surface area (Å²) in [6, 6.07) is 13.6. The van der Waals surface area contributed by atoms with Gasteiger partial charge in [0.15, 0.2) is 9.84 Å². The van der Waals surface area contributed by atoms with Gasteiger partial charge in [0.1, 0.15) is 0 Å². The number of benzene rings is 2. The van der Waals surface area contributed by atoms with Crippen LogP contribution in [-0.4, -0.2) is 53.7 Å². The predicted molar refractivity (Wildman–Crippen MR) is 104 cm³/mol. The fraction of sp³-hybridized carbons (Fsp3) is 0.278. The van der Waals surface area contributed by atoms with E-state index in [1.54, 1.807) is 18.2 Å². The van der Waals surface area contributed by atoms with Crippen LogP contribution in [0.2, 0.25) is 0 Å². The number of hydrogen-bond acceptors (Lipinski definition) is 6. The number of amides is 1. The number of hydrogen-bond donors (Lipinski definition) is 1. The number of sulfonamides is 1. The maximum absolute atomic E-state index is 12.3. The van der Waals surface area contributed by atoms with E-state index in [-0.39, 0.29) is 34.1 Å². The largest absolute Gasteiger partial charge is 0.352 e. The van der Waals surface area contributed by atoms with Crippen LogP contribution in [0.15, 0.2) is 64.4 Å². The maximum atomic E-state index is 12.3. The number of sulfone groups is 1. The second-order valence-corrected chi connectivity index (χ2v) is 9.91. The summed E-state index contributed by atoms with van der Waals surface area (Å²) in [7, 11) is -4.81. The number of nitrogens with zero attached hydrogens (tertiary/aromatic N) is 1. The Labute approximate surface area is 165 Å². The summed E-state index contributed by atoms with van der Waals surface area (Å²) in [5.74, 6) is -0.598. The zero-order chi connectivity index (χ0) is 20.8. The molecule has 0 unspecified atom stereocenters. The molecule has 8 nitrogen and oxygen atoms in total. The molecule has 1 N–H and O–H groups in total. The first-order valence-electron chi connectivity index (χ1n) is 8.37. The Bertz CT molecular complexity index is 1020. The highest BCUT2D eigenvalue weighted by Crippen LogP contribution is 2.16. The highest BCUT2D eigenvalue weighted by atomic mass is 32.2. The molecule has 0 aliphatic carbocycles. The van der Waals surface area contributed by atoms with E-state index >= 15 is 0 Å². The van der Waals surface area contributed by atoms with Gasteiger partial charge in [-0.3, -0.25) is 9.63 Å². The number of nitrogens with one attached hydrogen (secondary N) is 1. The second-order valence-electron chi connectivity index (χ2n) is 5.87. The molecule has 2 aromatic carbocycles. The summed E-state index contributed by atoms with van der Waals surface area (Å²) < 4.78 is 49.6. The van der Waals surface area contributed by atoms with Crippen LogP contribution in [0.4, 0.5) is 0 Å². The van der Waals surface area contributed by atoms with Gasteiger partial charge in [0.25, 0.3) is 15.9 Å². The van der Waals surface area contributed by atoms with Crippen molar-refractivity contribution in [3.8, 4) is 0 Å². The zero-order valence-electron chi connectivity index (χ0n) is 15.5. The van der Waals surface area contributed by atoms with Crippen molar-refractivity contribution in [2.75, 3.05) is 26.5 Å². The van der Waals surface area contributed by atoms with Crippen LogP contribution in [0.3, 0.4) is 0 Å². The van der Waals surface area contributed by atoms with Crippen LogP contribution in [0.1, 0.15) is 16.8 Å². The first-order chi connectivity index (χ1) is 13.2. The molecule has 0 fully saturated rings. The molecular formula is C18H22N2O6S2. The van der Waals surface area contributed by atoms with Gasteiger partial charge in [-0.15, -0.1) is 0 Å². The Morgan fingerprint density at radius 1 is 1.00 bits per heavy atom. The van der Waals surface area contributed by atoms with E-state index in [0.29, 0.717) is 4.47 Å². The molecule has 152 valence electrons. The van der Waals surface area contributed by atoms with E-state index in [1.807, 2.05) is 0 Å². The lowest BCUT2D eigenvalue weighted by Gasteiger charge is -2.14. The Morgan fingerprint density at radius 2 is 1.64 bits per heavy atom. The standard InChI is InChI=1S/C18H22N2O6S2/c1-20(26-2)28(24,25)17-11-6-8-15(14-17)18(21)19-12-7-13-27(22,23)16-9-4-3-5-10-16/h3-6,8-11,14H,7,12-13H2,1-2H3,(H,19,21). The topological polar surface area (TPSA) is 110 Å². The van der Waals surface area contributed by atoms with Gasteiger partial charge in [-0.2, -0.15) is 0 Å². The summed E-state index contributed by atoms with van der Waals surface area (Å²) in [5.41, 5.74) is 0.150.